The van der Waals surface area contributed by atoms with Gasteiger partial charge < -0.3 is 9.47 Å². The summed E-state index contributed by atoms with van der Waals surface area (Å²) in [5, 5.41) is 10.7. The summed E-state index contributed by atoms with van der Waals surface area (Å²) < 4.78 is 68.9. The Kier molecular flexibility index (Phi) is 4.60. The molecule has 0 aromatic carbocycles. The molecule has 12 heteroatoms. The molecule has 7 nitrogen and oxygen atoms in total. The summed E-state index contributed by atoms with van der Waals surface area (Å²) in [6.07, 6.45) is -8.89. The van der Waals surface area contributed by atoms with Crippen LogP contribution in [-0.4, -0.2) is 29.3 Å². The molecule has 116 valence electrons. The summed E-state index contributed by atoms with van der Waals surface area (Å²) in [5.41, 5.74) is -4.22. The second-order valence-electron chi connectivity index (χ2n) is 3.34. The molecular weight excluding hydrogens is 311 g/mol. The largest absolute Gasteiger partial charge is 0.574 e. The lowest BCUT2D eigenvalue weighted by atomic mass is 10.1. The maximum Gasteiger partial charge on any atom is 0.574 e. The fraction of sp³-hybridized carbons (Fsp3) is 0.333. The number of ether oxygens (including phenoxy) is 2. The molecule has 0 unspecified atom stereocenters. The Labute approximate surface area is 112 Å². The SMILES string of the molecule is COC(=O)c1cc(OC(F)(F)F)nc(C(F)F)c1[N+](=O)[O-]. The molecule has 0 amide bonds. The van der Waals surface area contributed by atoms with Crippen molar-refractivity contribution in [2.45, 2.75) is 12.8 Å². The Balaban J connectivity index is 3.57. The van der Waals surface area contributed by atoms with Crippen molar-refractivity contribution in [1.29, 1.82) is 0 Å². The quantitative estimate of drug-likeness (QED) is 0.367. The van der Waals surface area contributed by atoms with Crippen LogP contribution in [0.1, 0.15) is 22.5 Å². The third kappa shape index (κ3) is 3.97. The maximum absolute atomic E-state index is 12.7. The van der Waals surface area contributed by atoms with Crippen molar-refractivity contribution in [2.75, 3.05) is 7.11 Å². The van der Waals surface area contributed by atoms with Crippen molar-refractivity contribution in [3.63, 3.8) is 0 Å². The van der Waals surface area contributed by atoms with E-state index >= 15 is 0 Å². The molecule has 0 aliphatic carbocycles. The molecule has 0 saturated heterocycles. The number of esters is 1. The van der Waals surface area contributed by atoms with Crippen molar-refractivity contribution in [3.05, 3.63) is 27.4 Å². The minimum absolute atomic E-state index is 0.198. The van der Waals surface area contributed by atoms with Gasteiger partial charge in [-0.2, -0.15) is 0 Å². The highest BCUT2D eigenvalue weighted by Gasteiger charge is 2.37. The van der Waals surface area contributed by atoms with Crippen LogP contribution < -0.4 is 4.74 Å². The lowest BCUT2D eigenvalue weighted by Crippen LogP contribution is -2.19. The van der Waals surface area contributed by atoms with Gasteiger partial charge in [0, 0.05) is 6.07 Å². The van der Waals surface area contributed by atoms with Gasteiger partial charge in [-0.15, -0.1) is 13.2 Å². The molecule has 1 aromatic heterocycles. The first-order valence-corrected chi connectivity index (χ1v) is 4.88. The average molecular weight is 316 g/mol. The zero-order valence-electron chi connectivity index (χ0n) is 9.98. The van der Waals surface area contributed by atoms with E-state index in [9.17, 15) is 36.9 Å². The molecular formula is C9H5F5N2O5. The highest BCUT2D eigenvalue weighted by molar-refractivity contribution is 5.94. The van der Waals surface area contributed by atoms with Gasteiger partial charge in [0.25, 0.3) is 6.43 Å². The molecule has 21 heavy (non-hydrogen) atoms. The van der Waals surface area contributed by atoms with Crippen LogP contribution in [0.5, 0.6) is 5.88 Å². The van der Waals surface area contributed by atoms with Crippen LogP contribution in [0.2, 0.25) is 0 Å². The van der Waals surface area contributed by atoms with Gasteiger partial charge >= 0.3 is 18.0 Å². The van der Waals surface area contributed by atoms with Crippen LogP contribution in [0, 0.1) is 10.1 Å². The number of rotatable bonds is 4. The maximum atomic E-state index is 12.7. The van der Waals surface area contributed by atoms with Crippen LogP contribution in [-0.2, 0) is 4.74 Å². The van der Waals surface area contributed by atoms with Gasteiger partial charge in [-0.1, -0.05) is 0 Å². The second-order valence-corrected chi connectivity index (χ2v) is 3.34. The zero-order chi connectivity index (χ0) is 16.4. The Morgan fingerprint density at radius 3 is 2.38 bits per heavy atom. The molecule has 0 saturated carbocycles. The summed E-state index contributed by atoms with van der Waals surface area (Å²) >= 11 is 0. The van der Waals surface area contributed by atoms with Crippen molar-refractivity contribution >= 4 is 11.7 Å². The molecule has 0 aliphatic heterocycles. The van der Waals surface area contributed by atoms with E-state index in [4.69, 9.17) is 0 Å². The van der Waals surface area contributed by atoms with Crippen LogP contribution in [0.25, 0.3) is 0 Å². The monoisotopic (exact) mass is 316 g/mol. The van der Waals surface area contributed by atoms with E-state index in [0.717, 1.165) is 7.11 Å². The van der Waals surface area contributed by atoms with E-state index in [1.807, 2.05) is 0 Å². The Bertz CT molecular complexity index is 574. The Hall–Kier alpha value is -2.53. The number of carbonyl (C=O) groups is 1. The van der Waals surface area contributed by atoms with Crippen LogP contribution in [0.3, 0.4) is 0 Å². The molecule has 0 spiro atoms. The molecule has 0 bridgehead atoms. The van der Waals surface area contributed by atoms with Crippen LogP contribution >= 0.6 is 0 Å². The fourth-order valence-electron chi connectivity index (χ4n) is 1.31. The predicted molar refractivity (Wildman–Crippen MR) is 53.9 cm³/mol. The Morgan fingerprint density at radius 1 is 1.43 bits per heavy atom. The smallest absolute Gasteiger partial charge is 0.465 e. The topological polar surface area (TPSA) is 91.6 Å². The summed E-state index contributed by atoms with van der Waals surface area (Å²) in [6.45, 7) is 0. The lowest BCUT2D eigenvalue weighted by molar-refractivity contribution is -0.387. The predicted octanol–water partition coefficient (Wildman–Crippen LogP) is 2.61. The number of alkyl halides is 5. The molecule has 1 heterocycles. The van der Waals surface area contributed by atoms with Gasteiger partial charge in [-0.05, 0) is 0 Å². The third-order valence-corrected chi connectivity index (χ3v) is 2.01. The highest BCUT2D eigenvalue weighted by Crippen LogP contribution is 2.34. The number of hydrogen-bond acceptors (Lipinski definition) is 6. The van der Waals surface area contributed by atoms with E-state index in [1.54, 1.807) is 0 Å². The molecule has 0 aliphatic rings. The van der Waals surface area contributed by atoms with Crippen LogP contribution in [0.4, 0.5) is 27.6 Å². The fourth-order valence-corrected chi connectivity index (χ4v) is 1.31. The van der Waals surface area contributed by atoms with Crippen molar-refractivity contribution in [1.82, 2.24) is 4.98 Å². The molecule has 1 aromatic rings. The van der Waals surface area contributed by atoms with E-state index in [0.29, 0.717) is 0 Å². The second kappa shape index (κ2) is 5.85. The van der Waals surface area contributed by atoms with Gasteiger partial charge in [0.1, 0.15) is 5.56 Å². The van der Waals surface area contributed by atoms with Gasteiger partial charge in [-0.3, -0.25) is 10.1 Å². The van der Waals surface area contributed by atoms with E-state index < -0.39 is 46.5 Å². The molecule has 0 N–H and O–H groups in total. The Morgan fingerprint density at radius 2 is 2.00 bits per heavy atom. The normalized spacial score (nSPS) is 11.4. The number of nitrogens with zero attached hydrogens (tertiary/aromatic N) is 2. The summed E-state index contributed by atoms with van der Waals surface area (Å²) in [4.78, 5) is 23.4. The number of aromatic nitrogens is 1. The summed E-state index contributed by atoms with van der Waals surface area (Å²) in [6, 6.07) is 0.198. The van der Waals surface area contributed by atoms with Crippen molar-refractivity contribution in [2.24, 2.45) is 0 Å². The molecule has 0 radical (unpaired) electrons. The van der Waals surface area contributed by atoms with Gasteiger partial charge in [0.2, 0.25) is 5.88 Å². The molecule has 0 atom stereocenters. The third-order valence-electron chi connectivity index (χ3n) is 2.01. The number of methoxy groups -OCH3 is 1. The van der Waals surface area contributed by atoms with Crippen LogP contribution in [0.15, 0.2) is 6.07 Å². The first-order valence-electron chi connectivity index (χ1n) is 4.88. The van der Waals surface area contributed by atoms with Gasteiger partial charge in [-0.25, -0.2) is 18.6 Å². The average Bonchev–Trinajstić information content (AvgIpc) is 2.34. The number of nitro groups is 1. The van der Waals surface area contributed by atoms with E-state index in [1.165, 1.54) is 0 Å². The molecule has 0 fully saturated rings. The van der Waals surface area contributed by atoms with Crippen molar-refractivity contribution < 1.29 is 41.1 Å². The number of hydrogen-bond donors (Lipinski definition) is 0. The summed E-state index contributed by atoms with van der Waals surface area (Å²) in [7, 11) is 0.763. The van der Waals surface area contributed by atoms with E-state index in [2.05, 4.69) is 14.5 Å². The lowest BCUT2D eigenvalue weighted by Gasteiger charge is -2.11. The minimum atomic E-state index is -5.28. The molecule has 1 rings (SSSR count). The zero-order valence-corrected chi connectivity index (χ0v) is 9.98. The first-order chi connectivity index (χ1) is 9.56. The highest BCUT2D eigenvalue weighted by atomic mass is 19.4. The number of halogens is 5. The minimum Gasteiger partial charge on any atom is -0.465 e. The number of carbonyl (C=O) groups excluding carboxylic acids is 1. The number of pyridine rings is 1. The first kappa shape index (κ1) is 16.5. The summed E-state index contributed by atoms with van der Waals surface area (Å²) in [5.74, 6) is -2.93. The van der Waals surface area contributed by atoms with Crippen molar-refractivity contribution in [3.8, 4) is 5.88 Å². The standard InChI is InChI=1S/C9H5F5N2O5/c1-20-8(17)3-2-4(21-9(12,13)14)15-5(7(10)11)6(3)16(18)19/h2,7H,1H3. The van der Waals surface area contributed by atoms with E-state index in [-0.39, 0.29) is 6.07 Å². The van der Waals surface area contributed by atoms with Gasteiger partial charge in [0.15, 0.2) is 5.69 Å². The van der Waals surface area contributed by atoms with Gasteiger partial charge in [0.05, 0.1) is 12.0 Å².